The molecule has 2 atom stereocenters. The first-order valence-corrected chi connectivity index (χ1v) is 12.1. The molecule has 2 fully saturated rings. The minimum atomic E-state index is -0.990. The Morgan fingerprint density at radius 2 is 2.04 bits per heavy atom. The van der Waals surface area contributed by atoms with Crippen molar-refractivity contribution in [3.8, 4) is 0 Å². The molecule has 1 unspecified atom stereocenters. The highest BCUT2D eigenvalue weighted by Gasteiger charge is 2.45. The molecule has 4 rings (SSSR count). The van der Waals surface area contributed by atoms with Gasteiger partial charge in [-0.3, -0.25) is 4.40 Å². The van der Waals surface area contributed by atoms with E-state index in [2.05, 4.69) is 39.9 Å². The molecule has 0 amide bonds. The molecule has 1 aliphatic carbocycles. The van der Waals surface area contributed by atoms with E-state index in [0.717, 1.165) is 35.7 Å². The predicted molar refractivity (Wildman–Crippen MR) is 118 cm³/mol. The van der Waals surface area contributed by atoms with Crippen LogP contribution >= 0.6 is 15.9 Å². The topological polar surface area (TPSA) is 62.5 Å². The normalized spacial score (nSPS) is 23.6. The van der Waals surface area contributed by atoms with Gasteiger partial charge in [-0.05, 0) is 73.7 Å². The molecule has 2 aliphatic rings. The van der Waals surface area contributed by atoms with Gasteiger partial charge in [0.15, 0.2) is 5.65 Å². The number of fused-ring (bicyclic) bond motifs is 1. The second-order valence-corrected chi connectivity index (χ2v) is 12.1. The molecular formula is C20H30BrN5OS. The number of piperidine rings is 1. The summed E-state index contributed by atoms with van der Waals surface area (Å²) in [6.45, 7) is 8.98. The number of anilines is 1. The number of hydrogen-bond donors (Lipinski definition) is 1. The summed E-state index contributed by atoms with van der Waals surface area (Å²) < 4.78 is 18.5. The van der Waals surface area contributed by atoms with Crippen LogP contribution in [-0.4, -0.2) is 43.0 Å². The van der Waals surface area contributed by atoms with E-state index in [-0.39, 0.29) is 4.75 Å². The zero-order chi connectivity index (χ0) is 19.9. The van der Waals surface area contributed by atoms with Gasteiger partial charge in [0.05, 0.1) is 20.2 Å². The number of nitrogens with one attached hydrogen (secondary N) is 1. The predicted octanol–water partition coefficient (Wildman–Crippen LogP) is 3.93. The second-order valence-electron chi connectivity index (χ2n) is 9.20. The van der Waals surface area contributed by atoms with Crippen molar-refractivity contribution in [1.82, 2.24) is 19.1 Å². The molecule has 1 spiro atoms. The molecule has 1 N–H and O–H groups in total. The minimum Gasteiger partial charge on any atom is -0.342 e. The summed E-state index contributed by atoms with van der Waals surface area (Å²) in [7, 11) is -0.990. The molecular weight excluding hydrogens is 438 g/mol. The maximum Gasteiger partial charge on any atom is 0.211 e. The number of halogens is 1. The molecule has 1 saturated heterocycles. The third-order valence-corrected chi connectivity index (χ3v) is 8.62. The lowest BCUT2D eigenvalue weighted by Gasteiger charge is -2.44. The van der Waals surface area contributed by atoms with Gasteiger partial charge in [0, 0.05) is 38.2 Å². The van der Waals surface area contributed by atoms with Gasteiger partial charge < -0.3 is 4.90 Å². The molecule has 2 aromatic rings. The SMILES string of the molecule is CC(C)(C)[S@@](=O)NCC1CCCC12CCN(c1ncc(Br)c3nccn13)CC2. The number of imidazole rings is 1. The number of nitrogens with zero attached hydrogens (tertiary/aromatic N) is 4. The van der Waals surface area contributed by atoms with Gasteiger partial charge in [-0.25, -0.2) is 18.9 Å². The fourth-order valence-electron chi connectivity index (χ4n) is 4.84. The Kier molecular flexibility index (Phi) is 5.57. The quantitative estimate of drug-likeness (QED) is 0.739. The molecule has 0 aromatic carbocycles. The minimum absolute atomic E-state index is 0.210. The van der Waals surface area contributed by atoms with Crippen molar-refractivity contribution in [2.75, 3.05) is 24.5 Å². The van der Waals surface area contributed by atoms with Crippen molar-refractivity contribution in [2.45, 2.75) is 57.6 Å². The van der Waals surface area contributed by atoms with E-state index in [0.29, 0.717) is 11.3 Å². The molecule has 2 aromatic heterocycles. The van der Waals surface area contributed by atoms with E-state index in [1.165, 1.54) is 32.1 Å². The second kappa shape index (κ2) is 7.69. The highest BCUT2D eigenvalue weighted by atomic mass is 79.9. The fourth-order valence-corrected chi connectivity index (χ4v) is 6.02. The Bertz CT molecular complexity index is 869. The van der Waals surface area contributed by atoms with E-state index in [9.17, 15) is 4.21 Å². The maximum absolute atomic E-state index is 12.4. The monoisotopic (exact) mass is 467 g/mol. The Hall–Kier alpha value is -0.990. The molecule has 28 heavy (non-hydrogen) atoms. The van der Waals surface area contributed by atoms with Gasteiger partial charge in [-0.15, -0.1) is 0 Å². The van der Waals surface area contributed by atoms with Crippen LogP contribution in [0, 0.1) is 11.3 Å². The Balaban J connectivity index is 1.44. The highest BCUT2D eigenvalue weighted by Crippen LogP contribution is 2.50. The zero-order valence-corrected chi connectivity index (χ0v) is 19.4. The van der Waals surface area contributed by atoms with Gasteiger partial charge in [0.1, 0.15) is 0 Å². The summed E-state index contributed by atoms with van der Waals surface area (Å²) >= 11 is 3.54. The standard InChI is InChI=1S/C20H30BrN5OS/c1-19(2,3)28(27)24-13-15-5-4-6-20(15)7-10-25(11-8-20)18-23-14-16(21)17-22-9-12-26(17)18/h9,12,14-15,24H,4-8,10-11,13H2,1-3H3/t15?,28-/m1/s1. The van der Waals surface area contributed by atoms with Crippen LogP contribution in [0.5, 0.6) is 0 Å². The smallest absolute Gasteiger partial charge is 0.211 e. The van der Waals surface area contributed by atoms with Crippen LogP contribution in [-0.2, 0) is 11.0 Å². The average molecular weight is 468 g/mol. The first-order valence-electron chi connectivity index (χ1n) is 10.2. The summed E-state index contributed by atoms with van der Waals surface area (Å²) in [4.78, 5) is 11.5. The lowest BCUT2D eigenvalue weighted by Crippen LogP contribution is -2.46. The van der Waals surface area contributed by atoms with Gasteiger partial charge in [0.25, 0.3) is 0 Å². The summed E-state index contributed by atoms with van der Waals surface area (Å²) in [6, 6.07) is 0. The summed E-state index contributed by atoms with van der Waals surface area (Å²) in [6.07, 6.45) is 11.8. The van der Waals surface area contributed by atoms with Crippen molar-refractivity contribution < 1.29 is 4.21 Å². The summed E-state index contributed by atoms with van der Waals surface area (Å²) in [5, 5.41) is 0. The van der Waals surface area contributed by atoms with Crippen LogP contribution in [0.25, 0.3) is 5.65 Å². The molecule has 8 heteroatoms. The summed E-state index contributed by atoms with van der Waals surface area (Å²) in [5.41, 5.74) is 1.30. The van der Waals surface area contributed by atoms with E-state index >= 15 is 0 Å². The molecule has 0 bridgehead atoms. The fraction of sp³-hybridized carbons (Fsp3) is 0.700. The summed E-state index contributed by atoms with van der Waals surface area (Å²) in [5.74, 6) is 1.60. The molecule has 3 heterocycles. The Morgan fingerprint density at radius 1 is 1.29 bits per heavy atom. The largest absolute Gasteiger partial charge is 0.342 e. The lowest BCUT2D eigenvalue weighted by atomic mass is 9.70. The van der Waals surface area contributed by atoms with Crippen LogP contribution in [0.15, 0.2) is 23.1 Å². The molecule has 0 radical (unpaired) electrons. The van der Waals surface area contributed by atoms with E-state index in [4.69, 9.17) is 0 Å². The van der Waals surface area contributed by atoms with Gasteiger partial charge >= 0.3 is 0 Å². The first kappa shape index (κ1) is 20.3. The first-order chi connectivity index (χ1) is 13.3. The Morgan fingerprint density at radius 3 is 2.75 bits per heavy atom. The molecule has 1 saturated carbocycles. The Labute approximate surface area is 178 Å². The van der Waals surface area contributed by atoms with E-state index < -0.39 is 11.0 Å². The molecule has 154 valence electrons. The van der Waals surface area contributed by atoms with Gasteiger partial charge in [-0.1, -0.05) is 6.42 Å². The number of hydrogen-bond acceptors (Lipinski definition) is 4. The van der Waals surface area contributed by atoms with Crippen LogP contribution in [0.3, 0.4) is 0 Å². The van der Waals surface area contributed by atoms with Crippen molar-refractivity contribution in [3.05, 3.63) is 23.1 Å². The number of rotatable bonds is 4. The lowest BCUT2D eigenvalue weighted by molar-refractivity contribution is 0.151. The maximum atomic E-state index is 12.4. The average Bonchev–Trinajstić information content (AvgIpc) is 3.28. The van der Waals surface area contributed by atoms with Crippen molar-refractivity contribution in [1.29, 1.82) is 0 Å². The van der Waals surface area contributed by atoms with E-state index in [1.54, 1.807) is 0 Å². The van der Waals surface area contributed by atoms with Crippen LogP contribution in [0.4, 0.5) is 5.95 Å². The van der Waals surface area contributed by atoms with Crippen LogP contribution in [0.2, 0.25) is 0 Å². The third-order valence-electron chi connectivity index (χ3n) is 6.52. The van der Waals surface area contributed by atoms with Gasteiger partial charge in [-0.2, -0.15) is 0 Å². The van der Waals surface area contributed by atoms with Gasteiger partial charge in [0.2, 0.25) is 5.95 Å². The van der Waals surface area contributed by atoms with Crippen LogP contribution < -0.4 is 9.62 Å². The molecule has 6 nitrogen and oxygen atoms in total. The third kappa shape index (κ3) is 3.75. The van der Waals surface area contributed by atoms with Crippen LogP contribution in [0.1, 0.15) is 52.9 Å². The number of aromatic nitrogens is 3. The van der Waals surface area contributed by atoms with Crippen molar-refractivity contribution in [3.63, 3.8) is 0 Å². The zero-order valence-electron chi connectivity index (χ0n) is 16.9. The van der Waals surface area contributed by atoms with Crippen molar-refractivity contribution in [2.24, 2.45) is 11.3 Å². The highest BCUT2D eigenvalue weighted by molar-refractivity contribution is 9.10. The van der Waals surface area contributed by atoms with Crippen molar-refractivity contribution >= 4 is 38.5 Å². The molecule has 1 aliphatic heterocycles. The van der Waals surface area contributed by atoms with E-state index in [1.807, 2.05) is 39.4 Å².